The van der Waals surface area contributed by atoms with Gasteiger partial charge >= 0.3 is 0 Å². The molecule has 2 rings (SSSR count). The fourth-order valence-corrected chi connectivity index (χ4v) is 4.47. The summed E-state index contributed by atoms with van der Waals surface area (Å²) >= 11 is 0. The van der Waals surface area contributed by atoms with Crippen LogP contribution in [0.15, 0.2) is 24.3 Å². The van der Waals surface area contributed by atoms with Gasteiger partial charge in [0.05, 0.1) is 23.1 Å². The molecule has 1 atom stereocenters. The van der Waals surface area contributed by atoms with Gasteiger partial charge in [0.1, 0.15) is 5.41 Å². The highest BCUT2D eigenvalue weighted by Crippen LogP contribution is 2.25. The minimum Gasteiger partial charge on any atom is -0.341 e. The van der Waals surface area contributed by atoms with Gasteiger partial charge in [0, 0.05) is 18.8 Å². The van der Waals surface area contributed by atoms with Crippen LogP contribution in [-0.4, -0.2) is 49.7 Å². The number of nitriles is 1. The van der Waals surface area contributed by atoms with E-state index in [0.29, 0.717) is 17.7 Å². The number of nitrogens with one attached hydrogen (secondary N) is 1. The largest absolute Gasteiger partial charge is 0.341 e. The maximum absolute atomic E-state index is 12.7. The molecule has 0 radical (unpaired) electrons. The molecule has 1 aromatic carbocycles. The number of hydrogen-bond donors (Lipinski definition) is 1. The second-order valence-electron chi connectivity index (χ2n) is 6.74. The molecule has 1 N–H and O–H groups in total. The Morgan fingerprint density at radius 3 is 2.36 bits per heavy atom. The number of nitrogens with zero attached hydrogens (tertiary/aromatic N) is 2. The number of hydrogen-bond acceptors (Lipinski definition) is 5. The average molecular weight is 363 g/mol. The molecule has 0 bridgehead atoms. The molecule has 0 aliphatic carbocycles. The maximum Gasteiger partial charge on any atom is 0.239 e. The Morgan fingerprint density at radius 2 is 1.88 bits per heavy atom. The molecule has 1 heterocycles. The first kappa shape index (κ1) is 18.9. The molecular weight excluding hydrogens is 342 g/mol. The number of carbonyl (C=O) groups is 2. The Morgan fingerprint density at radius 1 is 1.28 bits per heavy atom. The predicted octanol–water partition coefficient (Wildman–Crippen LogP) is 1.17. The summed E-state index contributed by atoms with van der Waals surface area (Å²) in [6, 6.07) is 7.90. The van der Waals surface area contributed by atoms with E-state index < -0.39 is 33.1 Å². The van der Waals surface area contributed by atoms with Crippen LogP contribution in [0.5, 0.6) is 0 Å². The monoisotopic (exact) mass is 363 g/mol. The van der Waals surface area contributed by atoms with Crippen molar-refractivity contribution < 1.29 is 18.0 Å². The van der Waals surface area contributed by atoms with Crippen molar-refractivity contribution in [1.29, 1.82) is 5.26 Å². The molecular formula is C17H21N3O4S. The van der Waals surface area contributed by atoms with Crippen LogP contribution >= 0.6 is 0 Å². The number of anilines is 1. The zero-order chi connectivity index (χ0) is 18.8. The van der Waals surface area contributed by atoms with Gasteiger partial charge in [-0.15, -0.1) is 0 Å². The van der Waals surface area contributed by atoms with Crippen LogP contribution in [0, 0.1) is 16.7 Å². The van der Waals surface area contributed by atoms with E-state index in [9.17, 15) is 18.0 Å². The van der Waals surface area contributed by atoms with E-state index in [-0.39, 0.29) is 11.5 Å². The van der Waals surface area contributed by atoms with Crippen LogP contribution in [-0.2, 0) is 19.4 Å². The minimum absolute atomic E-state index is 0.0627. The second-order valence-corrected chi connectivity index (χ2v) is 8.97. The van der Waals surface area contributed by atoms with Gasteiger partial charge in [-0.05, 0) is 44.5 Å². The summed E-state index contributed by atoms with van der Waals surface area (Å²) < 4.78 is 23.2. The van der Waals surface area contributed by atoms with Gasteiger partial charge in [-0.3, -0.25) is 9.59 Å². The molecule has 1 fully saturated rings. The van der Waals surface area contributed by atoms with Crippen LogP contribution in [0.25, 0.3) is 0 Å². The number of benzene rings is 1. The van der Waals surface area contributed by atoms with Gasteiger partial charge in [-0.25, -0.2) is 8.42 Å². The molecule has 7 nitrogen and oxygen atoms in total. The smallest absolute Gasteiger partial charge is 0.239 e. The molecule has 0 spiro atoms. The van der Waals surface area contributed by atoms with E-state index in [4.69, 9.17) is 5.26 Å². The van der Waals surface area contributed by atoms with Gasteiger partial charge in [0.2, 0.25) is 11.8 Å². The first-order valence-corrected chi connectivity index (χ1v) is 9.68. The zero-order valence-electron chi connectivity index (χ0n) is 14.4. The van der Waals surface area contributed by atoms with Crippen LogP contribution < -0.4 is 5.32 Å². The highest BCUT2D eigenvalue weighted by atomic mass is 32.2. The predicted molar refractivity (Wildman–Crippen MR) is 93.4 cm³/mol. The molecule has 0 saturated carbocycles. The fourth-order valence-electron chi connectivity index (χ4n) is 2.70. The first-order valence-electron chi connectivity index (χ1n) is 7.86. The summed E-state index contributed by atoms with van der Waals surface area (Å²) in [5.74, 6) is -0.925. The molecule has 25 heavy (non-hydrogen) atoms. The Balaban J connectivity index is 2.08. The molecule has 2 amide bonds. The van der Waals surface area contributed by atoms with Crippen LogP contribution in [0.2, 0.25) is 0 Å². The van der Waals surface area contributed by atoms with Gasteiger partial charge in [-0.2, -0.15) is 5.26 Å². The van der Waals surface area contributed by atoms with Crippen LogP contribution in [0.4, 0.5) is 5.69 Å². The third kappa shape index (κ3) is 4.17. The Bertz CT molecular complexity index is 822. The van der Waals surface area contributed by atoms with Crippen molar-refractivity contribution in [3.63, 3.8) is 0 Å². The number of carbonyl (C=O) groups excluding carboxylic acids is 2. The number of rotatable bonds is 4. The third-order valence-corrected chi connectivity index (χ3v) is 6.20. The second kappa shape index (κ2) is 6.84. The van der Waals surface area contributed by atoms with Gasteiger partial charge in [-0.1, -0.05) is 0 Å². The summed E-state index contributed by atoms with van der Waals surface area (Å²) in [4.78, 5) is 26.6. The van der Waals surface area contributed by atoms with E-state index in [1.165, 1.54) is 25.8 Å². The number of amides is 2. The number of sulfone groups is 1. The molecule has 8 heteroatoms. The average Bonchev–Trinajstić information content (AvgIpc) is 2.94. The lowest BCUT2D eigenvalue weighted by atomic mass is 9.89. The minimum atomic E-state index is -3.12. The lowest BCUT2D eigenvalue weighted by Gasteiger charge is -2.31. The zero-order valence-corrected chi connectivity index (χ0v) is 15.3. The molecule has 0 aromatic heterocycles. The molecule has 1 aliphatic heterocycles. The van der Waals surface area contributed by atoms with Crippen molar-refractivity contribution in [3.8, 4) is 6.07 Å². The molecule has 134 valence electrons. The Hall–Kier alpha value is -2.40. The Kier molecular flexibility index (Phi) is 5.18. The van der Waals surface area contributed by atoms with Crippen LogP contribution in [0.1, 0.15) is 25.8 Å². The highest BCUT2D eigenvalue weighted by Gasteiger charge is 2.42. The van der Waals surface area contributed by atoms with Crippen molar-refractivity contribution in [2.75, 3.05) is 23.9 Å². The SMILES string of the molecule is CN(C(=O)C(C)(C)C(=O)Nc1ccc(C#N)cc1)C1CCS(=O)(=O)C1. The topological polar surface area (TPSA) is 107 Å². The summed E-state index contributed by atoms with van der Waals surface area (Å²) in [6.07, 6.45) is 0.387. The van der Waals surface area contributed by atoms with Crippen LogP contribution in [0.3, 0.4) is 0 Å². The van der Waals surface area contributed by atoms with E-state index in [2.05, 4.69) is 5.32 Å². The van der Waals surface area contributed by atoms with E-state index in [0.717, 1.165) is 0 Å². The van der Waals surface area contributed by atoms with E-state index in [1.807, 2.05) is 6.07 Å². The lowest BCUT2D eigenvalue weighted by Crippen LogP contribution is -2.49. The standard InChI is InChI=1S/C17H21N3O4S/c1-17(2,15(21)19-13-6-4-12(10-18)5-7-13)16(22)20(3)14-8-9-25(23,24)11-14/h4-7,14H,8-9,11H2,1-3H3,(H,19,21). The van der Waals surface area contributed by atoms with Gasteiger partial charge in [0.15, 0.2) is 9.84 Å². The van der Waals surface area contributed by atoms with Gasteiger partial charge in [0.25, 0.3) is 0 Å². The molecule has 1 unspecified atom stereocenters. The highest BCUT2D eigenvalue weighted by molar-refractivity contribution is 7.91. The molecule has 1 saturated heterocycles. The fraction of sp³-hybridized carbons (Fsp3) is 0.471. The normalized spacial score (nSPS) is 19.0. The first-order chi connectivity index (χ1) is 11.6. The summed E-state index contributed by atoms with van der Waals surface area (Å²) in [5, 5.41) is 11.4. The lowest BCUT2D eigenvalue weighted by molar-refractivity contribution is -0.146. The summed E-state index contributed by atoms with van der Waals surface area (Å²) in [6.45, 7) is 3.02. The van der Waals surface area contributed by atoms with E-state index >= 15 is 0 Å². The maximum atomic E-state index is 12.7. The molecule has 1 aromatic rings. The molecule has 1 aliphatic rings. The third-order valence-electron chi connectivity index (χ3n) is 4.45. The van der Waals surface area contributed by atoms with Crippen molar-refractivity contribution in [2.45, 2.75) is 26.3 Å². The summed E-state index contributed by atoms with van der Waals surface area (Å²) in [5.41, 5.74) is -0.402. The van der Waals surface area contributed by atoms with Gasteiger partial charge < -0.3 is 10.2 Å². The Labute approximate surface area is 147 Å². The van der Waals surface area contributed by atoms with Crippen molar-refractivity contribution in [2.24, 2.45) is 5.41 Å². The van der Waals surface area contributed by atoms with Crippen molar-refractivity contribution >= 4 is 27.3 Å². The van der Waals surface area contributed by atoms with Crippen molar-refractivity contribution in [3.05, 3.63) is 29.8 Å². The summed E-state index contributed by atoms with van der Waals surface area (Å²) in [7, 11) is -1.58. The quantitative estimate of drug-likeness (QED) is 0.808. The van der Waals surface area contributed by atoms with Crippen molar-refractivity contribution in [1.82, 2.24) is 4.90 Å². The van der Waals surface area contributed by atoms with E-state index in [1.54, 1.807) is 24.3 Å².